The van der Waals surface area contributed by atoms with Crippen molar-refractivity contribution < 1.29 is 14.3 Å². The summed E-state index contributed by atoms with van der Waals surface area (Å²) in [6, 6.07) is 17.6. The molecule has 0 spiro atoms. The van der Waals surface area contributed by atoms with Gasteiger partial charge in [0.2, 0.25) is 0 Å². The van der Waals surface area contributed by atoms with Crippen molar-refractivity contribution in [3.05, 3.63) is 65.7 Å². The van der Waals surface area contributed by atoms with Crippen LogP contribution in [0.15, 0.2) is 54.6 Å². The first-order valence-corrected chi connectivity index (χ1v) is 8.25. The molecule has 4 heteroatoms. The Morgan fingerprint density at radius 2 is 1.80 bits per heavy atom. The number of hydrogen-bond acceptors (Lipinski definition) is 4. The molecule has 0 saturated heterocycles. The van der Waals surface area contributed by atoms with Gasteiger partial charge in [-0.25, -0.2) is 0 Å². The molecule has 0 fully saturated rings. The summed E-state index contributed by atoms with van der Waals surface area (Å²) in [5, 5.41) is 5.58. The van der Waals surface area contributed by atoms with Gasteiger partial charge in [0, 0.05) is 23.2 Å². The van der Waals surface area contributed by atoms with Gasteiger partial charge in [-0.15, -0.1) is 0 Å². The highest BCUT2D eigenvalue weighted by molar-refractivity contribution is 6.14. The summed E-state index contributed by atoms with van der Waals surface area (Å²) in [6.07, 6.45) is 0.379. The van der Waals surface area contributed by atoms with Gasteiger partial charge in [0.25, 0.3) is 0 Å². The van der Waals surface area contributed by atoms with E-state index in [1.165, 1.54) is 0 Å². The molecule has 25 heavy (non-hydrogen) atoms. The van der Waals surface area contributed by atoms with E-state index in [0.29, 0.717) is 17.9 Å². The van der Waals surface area contributed by atoms with Crippen molar-refractivity contribution in [1.29, 1.82) is 0 Å². The van der Waals surface area contributed by atoms with E-state index >= 15 is 0 Å². The SMILES string of the molecule is COc1cccc(C2CC(=O)c3c(ccc4ccccc34)N2)c1OC. The fraction of sp³-hybridized carbons (Fsp3) is 0.190. The molecule has 3 aromatic carbocycles. The lowest BCUT2D eigenvalue weighted by Gasteiger charge is -2.28. The van der Waals surface area contributed by atoms with Crippen molar-refractivity contribution in [2.75, 3.05) is 19.5 Å². The molecule has 3 aromatic rings. The average Bonchev–Trinajstić information content (AvgIpc) is 2.66. The highest BCUT2D eigenvalue weighted by atomic mass is 16.5. The molecule has 0 bridgehead atoms. The second-order valence-corrected chi connectivity index (χ2v) is 6.12. The number of ketones is 1. The normalized spacial score (nSPS) is 16.2. The van der Waals surface area contributed by atoms with Gasteiger partial charge in [0.1, 0.15) is 0 Å². The Hall–Kier alpha value is -3.01. The molecule has 1 aliphatic heterocycles. The van der Waals surface area contributed by atoms with Crippen molar-refractivity contribution >= 4 is 22.2 Å². The van der Waals surface area contributed by atoms with Crippen LogP contribution in [0.4, 0.5) is 5.69 Å². The first-order chi connectivity index (χ1) is 12.2. The predicted molar refractivity (Wildman–Crippen MR) is 98.8 cm³/mol. The minimum Gasteiger partial charge on any atom is -0.493 e. The lowest BCUT2D eigenvalue weighted by molar-refractivity contribution is 0.0973. The van der Waals surface area contributed by atoms with Crippen LogP contribution in [-0.4, -0.2) is 20.0 Å². The highest BCUT2D eigenvalue weighted by Crippen LogP contribution is 2.42. The Kier molecular flexibility index (Phi) is 3.80. The zero-order valence-electron chi connectivity index (χ0n) is 14.2. The molecule has 1 heterocycles. The quantitative estimate of drug-likeness (QED) is 0.761. The Labute approximate surface area is 146 Å². The van der Waals surface area contributed by atoms with Crippen molar-refractivity contribution in [1.82, 2.24) is 0 Å². The minimum absolute atomic E-state index is 0.139. The molecule has 0 aromatic heterocycles. The Morgan fingerprint density at radius 3 is 2.60 bits per heavy atom. The van der Waals surface area contributed by atoms with Crippen LogP contribution in [0.3, 0.4) is 0 Å². The summed E-state index contributed by atoms with van der Waals surface area (Å²) in [5.74, 6) is 1.47. The minimum atomic E-state index is -0.147. The summed E-state index contributed by atoms with van der Waals surface area (Å²) in [5.41, 5.74) is 2.56. The second kappa shape index (κ2) is 6.13. The van der Waals surface area contributed by atoms with Gasteiger partial charge in [-0.2, -0.15) is 0 Å². The first kappa shape index (κ1) is 15.5. The van der Waals surface area contributed by atoms with Crippen LogP contribution >= 0.6 is 0 Å². The third-order valence-electron chi connectivity index (χ3n) is 4.74. The van der Waals surface area contributed by atoms with Gasteiger partial charge >= 0.3 is 0 Å². The number of ether oxygens (including phenoxy) is 2. The molecule has 0 radical (unpaired) electrons. The number of carbonyl (C=O) groups excluding carboxylic acids is 1. The van der Waals surface area contributed by atoms with Gasteiger partial charge < -0.3 is 14.8 Å². The van der Waals surface area contributed by atoms with Crippen molar-refractivity contribution in [2.24, 2.45) is 0 Å². The van der Waals surface area contributed by atoms with Crippen LogP contribution in [0.2, 0.25) is 0 Å². The number of anilines is 1. The first-order valence-electron chi connectivity index (χ1n) is 8.25. The van der Waals surface area contributed by atoms with Crippen LogP contribution in [-0.2, 0) is 0 Å². The van der Waals surface area contributed by atoms with Crippen molar-refractivity contribution in [2.45, 2.75) is 12.5 Å². The molecule has 126 valence electrons. The van der Waals surface area contributed by atoms with Gasteiger partial charge in [-0.3, -0.25) is 4.79 Å². The van der Waals surface area contributed by atoms with E-state index in [1.54, 1.807) is 14.2 Å². The van der Waals surface area contributed by atoms with E-state index in [-0.39, 0.29) is 11.8 Å². The molecule has 0 aliphatic carbocycles. The van der Waals surface area contributed by atoms with Crippen LogP contribution in [0.5, 0.6) is 11.5 Å². The smallest absolute Gasteiger partial charge is 0.167 e. The Morgan fingerprint density at radius 1 is 0.960 bits per heavy atom. The number of methoxy groups -OCH3 is 2. The molecule has 4 rings (SSSR count). The van der Waals surface area contributed by atoms with Gasteiger partial charge in [0.05, 0.1) is 20.3 Å². The van der Waals surface area contributed by atoms with Gasteiger partial charge in [0.15, 0.2) is 17.3 Å². The summed E-state index contributed by atoms with van der Waals surface area (Å²) < 4.78 is 10.9. The van der Waals surface area contributed by atoms with Crippen LogP contribution < -0.4 is 14.8 Å². The highest BCUT2D eigenvalue weighted by Gasteiger charge is 2.29. The summed E-state index contributed by atoms with van der Waals surface area (Å²) in [6.45, 7) is 0. The molecule has 0 saturated carbocycles. The zero-order valence-corrected chi connectivity index (χ0v) is 14.2. The fourth-order valence-electron chi connectivity index (χ4n) is 3.59. The van der Waals surface area contributed by atoms with Crippen LogP contribution in [0.1, 0.15) is 28.4 Å². The van der Waals surface area contributed by atoms with Gasteiger partial charge in [-0.1, -0.05) is 42.5 Å². The zero-order chi connectivity index (χ0) is 17.4. The Balaban J connectivity index is 1.81. The molecule has 1 unspecified atom stereocenters. The Bertz CT molecular complexity index is 965. The summed E-state index contributed by atoms with van der Waals surface area (Å²) in [4.78, 5) is 12.9. The second-order valence-electron chi connectivity index (χ2n) is 6.12. The lowest BCUT2D eigenvalue weighted by atomic mass is 9.89. The standard InChI is InChI=1S/C21H19NO3/c1-24-19-9-5-8-15(21(19)25-2)17-12-18(23)20-14-7-4-3-6-13(14)10-11-16(20)22-17/h3-11,17,22H,12H2,1-2H3. The van der Waals surface area contributed by atoms with E-state index in [4.69, 9.17) is 9.47 Å². The molecule has 1 atom stereocenters. The molecule has 1 N–H and O–H groups in total. The fourth-order valence-corrected chi connectivity index (χ4v) is 3.59. The molecule has 1 aliphatic rings. The molecular formula is C21H19NO3. The maximum absolute atomic E-state index is 12.9. The number of benzene rings is 3. The number of Topliss-reactive ketones (excluding diaryl/α,β-unsaturated/α-hetero) is 1. The van der Waals surface area contributed by atoms with E-state index in [0.717, 1.165) is 27.6 Å². The van der Waals surface area contributed by atoms with E-state index in [1.807, 2.05) is 54.6 Å². The molecular weight excluding hydrogens is 314 g/mol. The molecule has 4 nitrogen and oxygen atoms in total. The summed E-state index contributed by atoms with van der Waals surface area (Å²) in [7, 11) is 3.23. The van der Waals surface area contributed by atoms with E-state index in [2.05, 4.69) is 5.32 Å². The maximum Gasteiger partial charge on any atom is 0.167 e. The van der Waals surface area contributed by atoms with E-state index in [9.17, 15) is 4.79 Å². The number of hydrogen-bond donors (Lipinski definition) is 1. The monoisotopic (exact) mass is 333 g/mol. The third-order valence-corrected chi connectivity index (χ3v) is 4.74. The van der Waals surface area contributed by atoms with Gasteiger partial charge in [-0.05, 0) is 22.9 Å². The number of para-hydroxylation sites is 1. The summed E-state index contributed by atoms with van der Waals surface area (Å²) >= 11 is 0. The number of rotatable bonds is 3. The number of nitrogens with one attached hydrogen (secondary N) is 1. The van der Waals surface area contributed by atoms with E-state index < -0.39 is 0 Å². The third kappa shape index (κ3) is 2.50. The topological polar surface area (TPSA) is 47.6 Å². The van der Waals surface area contributed by atoms with Crippen molar-refractivity contribution in [3.8, 4) is 11.5 Å². The maximum atomic E-state index is 12.9. The number of fused-ring (bicyclic) bond motifs is 3. The van der Waals surface area contributed by atoms with Crippen molar-refractivity contribution in [3.63, 3.8) is 0 Å². The molecule has 0 amide bonds. The van der Waals surface area contributed by atoms with Crippen LogP contribution in [0, 0.1) is 0 Å². The largest absolute Gasteiger partial charge is 0.493 e. The predicted octanol–water partition coefficient (Wildman–Crippen LogP) is 4.60. The lowest BCUT2D eigenvalue weighted by Crippen LogP contribution is -2.23. The van der Waals surface area contributed by atoms with Crippen LogP contribution in [0.25, 0.3) is 10.8 Å². The number of carbonyl (C=O) groups is 1. The average molecular weight is 333 g/mol.